The van der Waals surface area contributed by atoms with Crippen molar-refractivity contribution < 1.29 is 4.74 Å². The van der Waals surface area contributed by atoms with Crippen molar-refractivity contribution in [3.63, 3.8) is 0 Å². The largest absolute Gasteiger partial charge is 0.496 e. The zero-order valence-corrected chi connectivity index (χ0v) is 14.1. The molecule has 1 saturated heterocycles. The average molecular weight is 312 g/mol. The Kier molecular flexibility index (Phi) is 4.76. The van der Waals surface area contributed by atoms with Gasteiger partial charge in [0.25, 0.3) is 0 Å². The highest BCUT2D eigenvalue weighted by atomic mass is 16.5. The lowest BCUT2D eigenvalue weighted by molar-refractivity contribution is 0.314. The van der Waals surface area contributed by atoms with E-state index in [0.717, 1.165) is 29.4 Å². The van der Waals surface area contributed by atoms with Crippen molar-refractivity contribution in [2.45, 2.75) is 18.9 Å². The molecule has 0 spiro atoms. The Balaban J connectivity index is 1.74. The number of hydrogen-bond donors (Lipinski definition) is 0. The van der Waals surface area contributed by atoms with Gasteiger partial charge in [0.1, 0.15) is 5.75 Å². The molecule has 5 heteroatoms. The van der Waals surface area contributed by atoms with Gasteiger partial charge in [-0.05, 0) is 50.7 Å². The molecule has 122 valence electrons. The Hall–Kier alpha value is -2.14. The summed E-state index contributed by atoms with van der Waals surface area (Å²) in [4.78, 5) is 4.61. The minimum atomic E-state index is 0.607. The molecule has 2 heterocycles. The van der Waals surface area contributed by atoms with Crippen molar-refractivity contribution >= 4 is 5.82 Å². The Morgan fingerprint density at radius 3 is 2.70 bits per heavy atom. The van der Waals surface area contributed by atoms with E-state index >= 15 is 0 Å². The summed E-state index contributed by atoms with van der Waals surface area (Å²) in [5, 5.41) is 8.79. The van der Waals surface area contributed by atoms with Crippen LogP contribution in [0, 0.1) is 0 Å². The van der Waals surface area contributed by atoms with Crippen molar-refractivity contribution in [1.29, 1.82) is 0 Å². The van der Waals surface area contributed by atoms with Crippen molar-refractivity contribution in [1.82, 2.24) is 15.1 Å². The van der Waals surface area contributed by atoms with Crippen molar-refractivity contribution in [3.8, 4) is 17.0 Å². The maximum Gasteiger partial charge on any atom is 0.151 e. The van der Waals surface area contributed by atoms with Crippen LogP contribution < -0.4 is 9.64 Å². The minimum absolute atomic E-state index is 0.607. The third-order valence-corrected chi connectivity index (χ3v) is 4.58. The fraction of sp³-hybridized carbons (Fsp3) is 0.444. The van der Waals surface area contributed by atoms with Gasteiger partial charge in [0, 0.05) is 25.2 Å². The van der Waals surface area contributed by atoms with Gasteiger partial charge in [-0.15, -0.1) is 10.2 Å². The Morgan fingerprint density at radius 1 is 1.22 bits per heavy atom. The van der Waals surface area contributed by atoms with E-state index in [1.54, 1.807) is 7.11 Å². The molecule has 0 amide bonds. The first-order chi connectivity index (χ1) is 11.2. The summed E-state index contributed by atoms with van der Waals surface area (Å²) in [5.74, 6) is 1.72. The number of benzene rings is 1. The highest BCUT2D eigenvalue weighted by Gasteiger charge is 2.22. The summed E-state index contributed by atoms with van der Waals surface area (Å²) in [6.07, 6.45) is 2.54. The van der Waals surface area contributed by atoms with Gasteiger partial charge in [0.15, 0.2) is 5.82 Å². The van der Waals surface area contributed by atoms with E-state index in [0.29, 0.717) is 6.04 Å². The standard InChI is InChI=1S/C18H24N4O/c1-21-12-6-7-14(21)13-22(2)18-11-10-16(19-20-18)15-8-4-5-9-17(15)23-3/h4-5,8-11,14H,6-7,12-13H2,1-3H3. The Labute approximate surface area is 137 Å². The van der Waals surface area contributed by atoms with Crippen LogP contribution in [0.15, 0.2) is 36.4 Å². The van der Waals surface area contributed by atoms with Gasteiger partial charge < -0.3 is 14.5 Å². The topological polar surface area (TPSA) is 41.5 Å². The predicted octanol–water partition coefficient (Wildman–Crippen LogP) is 2.68. The molecule has 1 aromatic carbocycles. The maximum absolute atomic E-state index is 5.39. The van der Waals surface area contributed by atoms with E-state index in [9.17, 15) is 0 Å². The molecule has 2 aromatic rings. The van der Waals surface area contributed by atoms with Gasteiger partial charge in [-0.25, -0.2) is 0 Å². The fourth-order valence-corrected chi connectivity index (χ4v) is 3.15. The van der Waals surface area contributed by atoms with Gasteiger partial charge in [0.05, 0.1) is 12.8 Å². The average Bonchev–Trinajstić information content (AvgIpc) is 3.00. The number of nitrogens with zero attached hydrogens (tertiary/aromatic N) is 4. The second-order valence-electron chi connectivity index (χ2n) is 6.13. The summed E-state index contributed by atoms with van der Waals surface area (Å²) >= 11 is 0. The molecule has 1 aliphatic heterocycles. The number of rotatable bonds is 5. The minimum Gasteiger partial charge on any atom is -0.496 e. The lowest BCUT2D eigenvalue weighted by Crippen LogP contribution is -2.37. The second-order valence-corrected chi connectivity index (χ2v) is 6.13. The van der Waals surface area contributed by atoms with E-state index in [4.69, 9.17) is 4.74 Å². The molecular formula is C18H24N4O. The molecule has 1 aromatic heterocycles. The summed E-state index contributed by atoms with van der Waals surface area (Å²) in [6, 6.07) is 12.5. The summed E-state index contributed by atoms with van der Waals surface area (Å²) in [5.41, 5.74) is 1.80. The fourth-order valence-electron chi connectivity index (χ4n) is 3.15. The number of ether oxygens (including phenoxy) is 1. The summed E-state index contributed by atoms with van der Waals surface area (Å²) < 4.78 is 5.39. The monoisotopic (exact) mass is 312 g/mol. The Morgan fingerprint density at radius 2 is 2.04 bits per heavy atom. The predicted molar refractivity (Wildman–Crippen MR) is 92.9 cm³/mol. The van der Waals surface area contributed by atoms with E-state index in [1.165, 1.54) is 19.4 Å². The van der Waals surface area contributed by atoms with Crippen molar-refractivity contribution in [2.75, 3.05) is 39.2 Å². The molecule has 0 aliphatic carbocycles. The van der Waals surface area contributed by atoms with Gasteiger partial charge in [-0.3, -0.25) is 0 Å². The molecule has 0 saturated carbocycles. The van der Waals surface area contributed by atoms with E-state index in [1.807, 2.05) is 36.4 Å². The molecule has 0 radical (unpaired) electrons. The van der Waals surface area contributed by atoms with E-state index in [-0.39, 0.29) is 0 Å². The first kappa shape index (κ1) is 15.7. The van der Waals surface area contributed by atoms with Crippen LogP contribution in [-0.2, 0) is 0 Å². The summed E-state index contributed by atoms with van der Waals surface area (Å²) in [6.45, 7) is 2.18. The third-order valence-electron chi connectivity index (χ3n) is 4.58. The molecule has 1 fully saturated rings. The third kappa shape index (κ3) is 3.45. The molecule has 0 N–H and O–H groups in total. The number of para-hydroxylation sites is 1. The number of likely N-dealkylation sites (N-methyl/N-ethyl adjacent to an activating group) is 2. The van der Waals surface area contributed by atoms with Crippen molar-refractivity contribution in [2.24, 2.45) is 0 Å². The van der Waals surface area contributed by atoms with Gasteiger partial charge in [0.2, 0.25) is 0 Å². The SMILES string of the molecule is COc1ccccc1-c1ccc(N(C)CC2CCCN2C)nn1. The Bertz CT molecular complexity index is 644. The van der Waals surface area contributed by atoms with Crippen LogP contribution in [0.3, 0.4) is 0 Å². The van der Waals surface area contributed by atoms with Crippen LogP contribution in [0.1, 0.15) is 12.8 Å². The molecule has 5 nitrogen and oxygen atoms in total. The molecule has 0 bridgehead atoms. The highest BCUT2D eigenvalue weighted by Crippen LogP contribution is 2.28. The van der Waals surface area contributed by atoms with Crippen LogP contribution in [0.2, 0.25) is 0 Å². The van der Waals surface area contributed by atoms with E-state index in [2.05, 4.69) is 34.1 Å². The van der Waals surface area contributed by atoms with Crippen molar-refractivity contribution in [3.05, 3.63) is 36.4 Å². The van der Waals surface area contributed by atoms with Crippen LogP contribution in [0.5, 0.6) is 5.75 Å². The lowest BCUT2D eigenvalue weighted by atomic mass is 10.1. The molecule has 1 unspecified atom stereocenters. The first-order valence-corrected chi connectivity index (χ1v) is 8.07. The van der Waals surface area contributed by atoms with Crippen LogP contribution in [0.4, 0.5) is 5.82 Å². The number of hydrogen-bond acceptors (Lipinski definition) is 5. The lowest BCUT2D eigenvalue weighted by Gasteiger charge is -2.26. The summed E-state index contributed by atoms with van der Waals surface area (Å²) in [7, 11) is 5.95. The maximum atomic E-state index is 5.39. The van der Waals surface area contributed by atoms with Gasteiger partial charge in [-0.1, -0.05) is 12.1 Å². The zero-order chi connectivity index (χ0) is 16.2. The number of likely N-dealkylation sites (tertiary alicyclic amines) is 1. The van der Waals surface area contributed by atoms with E-state index < -0.39 is 0 Å². The number of anilines is 1. The van der Waals surface area contributed by atoms with Crippen LogP contribution in [-0.4, -0.2) is 55.4 Å². The van der Waals surface area contributed by atoms with Crippen LogP contribution in [0.25, 0.3) is 11.3 Å². The highest BCUT2D eigenvalue weighted by molar-refractivity contribution is 5.67. The quantitative estimate of drug-likeness (QED) is 0.849. The van der Waals surface area contributed by atoms with Crippen LogP contribution >= 0.6 is 0 Å². The second kappa shape index (κ2) is 6.96. The normalized spacial score (nSPS) is 18.1. The molecule has 23 heavy (non-hydrogen) atoms. The molecular weight excluding hydrogens is 288 g/mol. The molecule has 1 aliphatic rings. The zero-order valence-electron chi connectivity index (χ0n) is 14.1. The first-order valence-electron chi connectivity index (χ1n) is 8.07. The number of aromatic nitrogens is 2. The number of methoxy groups -OCH3 is 1. The van der Waals surface area contributed by atoms with Gasteiger partial charge in [-0.2, -0.15) is 0 Å². The van der Waals surface area contributed by atoms with Gasteiger partial charge >= 0.3 is 0 Å². The smallest absolute Gasteiger partial charge is 0.151 e. The molecule has 3 rings (SSSR count). The molecule has 1 atom stereocenters.